The van der Waals surface area contributed by atoms with Gasteiger partial charge in [-0.2, -0.15) is 26.3 Å². The summed E-state index contributed by atoms with van der Waals surface area (Å²) in [4.78, 5) is 0. The lowest BCUT2D eigenvalue weighted by Crippen LogP contribution is -2.63. The molecule has 0 bridgehead atoms. The summed E-state index contributed by atoms with van der Waals surface area (Å²) in [5.41, 5.74) is 0. The highest BCUT2D eigenvalue weighted by atomic mass is 127. The molecule has 0 heterocycles. The molecule has 0 aromatic heterocycles. The first kappa shape index (κ1) is 18.5. The molecule has 0 N–H and O–H groups in total. The summed E-state index contributed by atoms with van der Waals surface area (Å²) in [5.74, 6) is -6.06. The summed E-state index contributed by atoms with van der Waals surface area (Å²) in [5, 5.41) is -10.8. The number of hydrogen-bond acceptors (Lipinski definition) is 0. The van der Waals surface area contributed by atoms with Crippen molar-refractivity contribution in [2.75, 3.05) is 0 Å². The van der Waals surface area contributed by atoms with Crippen LogP contribution in [0.5, 0.6) is 0 Å². The zero-order valence-electron chi connectivity index (χ0n) is 7.04. The summed E-state index contributed by atoms with van der Waals surface area (Å²) >= 11 is 7.96. The third kappa shape index (κ3) is 2.98. The van der Waals surface area contributed by atoms with E-state index in [1.165, 1.54) is 0 Å². The monoisotopic (exact) mass is 536 g/mol. The molecule has 0 saturated carbocycles. The van der Waals surface area contributed by atoms with Crippen molar-refractivity contribution < 1.29 is 35.1 Å². The smallest absolute Gasteiger partial charge is 0.211 e. The fraction of sp³-hybridized carbons (Fsp3) is 1.00. The summed E-state index contributed by atoms with van der Waals surface area (Å²) in [6.45, 7) is 0. The van der Waals surface area contributed by atoms with Gasteiger partial charge in [-0.25, -0.2) is 8.78 Å². The van der Waals surface area contributed by atoms with Crippen molar-refractivity contribution in [1.82, 2.24) is 0 Å². The highest BCUT2D eigenvalue weighted by Gasteiger charge is 2.82. The van der Waals surface area contributed by atoms with Crippen LogP contribution in [0.2, 0.25) is 0 Å². The molecule has 0 aromatic rings. The van der Waals surface area contributed by atoms with Gasteiger partial charge in [-0.15, -0.1) is 0 Å². The predicted octanol–water partition coefficient (Wildman–Crippen LogP) is 5.49. The lowest BCUT2D eigenvalue weighted by molar-refractivity contribution is -0.235. The molecule has 0 nitrogen and oxygen atoms in total. The molecule has 0 rings (SSSR count). The van der Waals surface area contributed by atoms with Crippen molar-refractivity contribution in [3.8, 4) is 0 Å². The molecule has 2 atom stereocenters. The summed E-state index contributed by atoms with van der Waals surface area (Å²) in [6, 6.07) is 0. The number of hydrogen-bond donors (Lipinski definition) is 0. The Morgan fingerprint density at radius 2 is 0.765 bits per heavy atom. The Labute approximate surface area is 127 Å². The van der Waals surface area contributed by atoms with Gasteiger partial charge >= 0.3 is 24.0 Å². The van der Waals surface area contributed by atoms with Crippen molar-refractivity contribution >= 4 is 68.4 Å². The van der Waals surface area contributed by atoms with Crippen molar-refractivity contribution in [3.05, 3.63) is 0 Å². The normalized spacial score (nSPS) is 21.9. The van der Waals surface area contributed by atoms with Crippen LogP contribution in [0, 0.1) is 0 Å². The molecule has 17 heavy (non-hydrogen) atoms. The molecule has 104 valence electrons. The van der Waals surface area contributed by atoms with E-state index in [4.69, 9.17) is 0 Å². The van der Waals surface area contributed by atoms with Gasteiger partial charge in [0.2, 0.25) is 0 Å². The largest absolute Gasteiger partial charge is 0.356 e. The Kier molecular flexibility index (Phi) is 5.21. The Morgan fingerprint density at radius 1 is 0.588 bits per heavy atom. The fourth-order valence-electron chi connectivity index (χ4n) is 0.553. The Hall–Kier alpha value is 1.48. The highest BCUT2D eigenvalue weighted by molar-refractivity contribution is 14.1. The van der Waals surface area contributed by atoms with Crippen LogP contribution in [-0.2, 0) is 0 Å². The maximum absolute atomic E-state index is 13.0. The lowest BCUT2D eigenvalue weighted by Gasteiger charge is -2.38. The summed E-state index contributed by atoms with van der Waals surface area (Å²) in [6.07, 6.45) is 0. The first-order chi connectivity index (χ1) is 7.00. The Bertz CT molecular complexity index is 265. The molecule has 0 aliphatic rings. The first-order valence-corrected chi connectivity index (χ1v) is 6.18. The van der Waals surface area contributed by atoms with Crippen LogP contribution < -0.4 is 0 Å². The van der Waals surface area contributed by atoms with Crippen molar-refractivity contribution in [1.29, 1.82) is 0 Å². The van der Waals surface area contributed by atoms with Gasteiger partial charge in [-0.05, 0) is 0 Å². The lowest BCUT2D eigenvalue weighted by atomic mass is 10.1. The second kappa shape index (κ2) is 4.79. The molecule has 0 radical (unpaired) electrons. The maximum atomic E-state index is 13.0. The highest BCUT2D eigenvalue weighted by Crippen LogP contribution is 2.61. The SMILES string of the molecule is FC(F)(I)C(F)(Cl)C(F)(F)C(F)(Cl)C(F)(F)I. The predicted molar refractivity (Wildman–Crippen MR) is 62.3 cm³/mol. The Morgan fingerprint density at radius 3 is 0.882 bits per heavy atom. The van der Waals surface area contributed by atoms with Crippen LogP contribution in [0.25, 0.3) is 0 Å². The number of rotatable bonds is 4. The van der Waals surface area contributed by atoms with Crippen LogP contribution in [0.15, 0.2) is 0 Å². The second-order valence-electron chi connectivity index (χ2n) is 2.72. The molecule has 0 fully saturated rings. The van der Waals surface area contributed by atoms with Gasteiger partial charge < -0.3 is 0 Å². The van der Waals surface area contributed by atoms with Crippen LogP contribution in [0.3, 0.4) is 0 Å². The van der Waals surface area contributed by atoms with Crippen LogP contribution in [0.1, 0.15) is 0 Å². The fourth-order valence-corrected chi connectivity index (χ4v) is 1.54. The van der Waals surface area contributed by atoms with Gasteiger partial charge in [0.05, 0.1) is 0 Å². The van der Waals surface area contributed by atoms with E-state index in [-0.39, 0.29) is 45.2 Å². The molecule has 0 spiro atoms. The van der Waals surface area contributed by atoms with Crippen molar-refractivity contribution in [2.24, 2.45) is 0 Å². The summed E-state index contributed by atoms with van der Waals surface area (Å²) in [7, 11) is 0. The zero-order chi connectivity index (χ0) is 14.5. The minimum absolute atomic E-state index is 0.180. The van der Waals surface area contributed by atoms with Gasteiger partial charge in [-0.3, -0.25) is 0 Å². The van der Waals surface area contributed by atoms with E-state index in [1.54, 1.807) is 0 Å². The molecular weight excluding hydrogens is 537 g/mol. The third-order valence-electron chi connectivity index (χ3n) is 1.50. The molecule has 0 saturated heterocycles. The Balaban J connectivity index is 5.73. The quantitative estimate of drug-likeness (QED) is 0.253. The van der Waals surface area contributed by atoms with Crippen LogP contribution >= 0.6 is 68.4 Å². The average molecular weight is 537 g/mol. The molecule has 0 aliphatic carbocycles. The minimum atomic E-state index is -6.06. The molecule has 0 aliphatic heterocycles. The van der Waals surface area contributed by atoms with Gasteiger partial charge in [0.25, 0.3) is 0 Å². The third-order valence-corrected chi connectivity index (χ3v) is 4.57. The second-order valence-corrected chi connectivity index (χ2v) is 6.47. The van der Waals surface area contributed by atoms with Crippen molar-refractivity contribution in [3.63, 3.8) is 0 Å². The number of alkyl halides is 12. The van der Waals surface area contributed by atoms with E-state index in [0.717, 1.165) is 0 Å². The number of halogens is 12. The average Bonchev–Trinajstić information content (AvgIpc) is 1.98. The van der Waals surface area contributed by atoms with E-state index in [9.17, 15) is 35.1 Å². The summed E-state index contributed by atoms with van der Waals surface area (Å²) < 4.78 is 91.7. The molecule has 12 heteroatoms. The first-order valence-electron chi connectivity index (χ1n) is 3.27. The topological polar surface area (TPSA) is 0 Å². The van der Waals surface area contributed by atoms with E-state index in [0.29, 0.717) is 0 Å². The molecule has 0 amide bonds. The molecular formula is C5Cl2F8I2. The van der Waals surface area contributed by atoms with Gasteiger partial charge in [0, 0.05) is 45.2 Å². The minimum Gasteiger partial charge on any atom is -0.211 e. The molecule has 0 aromatic carbocycles. The van der Waals surface area contributed by atoms with E-state index < -0.39 is 24.0 Å². The van der Waals surface area contributed by atoms with Gasteiger partial charge in [0.1, 0.15) is 0 Å². The van der Waals surface area contributed by atoms with Gasteiger partial charge in [-0.1, -0.05) is 23.2 Å². The zero-order valence-corrected chi connectivity index (χ0v) is 12.9. The van der Waals surface area contributed by atoms with E-state index >= 15 is 0 Å². The van der Waals surface area contributed by atoms with E-state index in [1.807, 2.05) is 0 Å². The van der Waals surface area contributed by atoms with Crippen LogP contribution in [0.4, 0.5) is 35.1 Å². The van der Waals surface area contributed by atoms with Crippen molar-refractivity contribution in [2.45, 2.75) is 24.0 Å². The van der Waals surface area contributed by atoms with E-state index in [2.05, 4.69) is 23.2 Å². The maximum Gasteiger partial charge on any atom is 0.356 e. The molecule has 2 unspecified atom stereocenters. The van der Waals surface area contributed by atoms with Gasteiger partial charge in [0.15, 0.2) is 0 Å². The standard InChI is InChI=1S/C5Cl2F8I2/c6-1(8,4(12,13)16)3(10,11)2(7,9)5(14,15)17. The van der Waals surface area contributed by atoms with Crippen LogP contribution in [-0.4, -0.2) is 24.0 Å².